The molecule has 2 aromatic rings. The first-order valence-corrected chi connectivity index (χ1v) is 7.26. The molecule has 1 aromatic heterocycles. The van der Waals surface area contributed by atoms with Crippen molar-refractivity contribution in [3.8, 4) is 16.9 Å². The Hall–Kier alpha value is -1.87. The molecule has 2 heterocycles. The summed E-state index contributed by atoms with van der Waals surface area (Å²) < 4.78 is 5.88. The molecule has 104 valence electrons. The molecule has 20 heavy (non-hydrogen) atoms. The van der Waals surface area contributed by atoms with Gasteiger partial charge in [-0.1, -0.05) is 12.1 Å². The van der Waals surface area contributed by atoms with Gasteiger partial charge in [0.25, 0.3) is 0 Å². The minimum absolute atomic E-state index is 0.642. The van der Waals surface area contributed by atoms with E-state index in [1.54, 1.807) is 0 Å². The Labute approximate surface area is 120 Å². The van der Waals surface area contributed by atoms with Crippen molar-refractivity contribution in [1.82, 2.24) is 10.3 Å². The third-order valence-electron chi connectivity index (χ3n) is 3.75. The third kappa shape index (κ3) is 3.36. The molecule has 0 amide bonds. The van der Waals surface area contributed by atoms with Crippen LogP contribution in [-0.4, -0.2) is 24.7 Å². The molecule has 0 radical (unpaired) electrons. The monoisotopic (exact) mass is 268 g/mol. The van der Waals surface area contributed by atoms with Gasteiger partial charge in [0.05, 0.1) is 6.61 Å². The maximum atomic E-state index is 5.88. The van der Waals surface area contributed by atoms with Gasteiger partial charge in [-0.3, -0.25) is 4.98 Å². The van der Waals surface area contributed by atoms with E-state index in [9.17, 15) is 0 Å². The summed E-state index contributed by atoms with van der Waals surface area (Å²) in [5.41, 5.74) is 2.38. The molecule has 3 nitrogen and oxygen atoms in total. The van der Waals surface area contributed by atoms with E-state index < -0.39 is 0 Å². The largest absolute Gasteiger partial charge is 0.493 e. The van der Waals surface area contributed by atoms with Crippen LogP contribution in [0.5, 0.6) is 5.75 Å². The highest BCUT2D eigenvalue weighted by atomic mass is 16.5. The van der Waals surface area contributed by atoms with Gasteiger partial charge >= 0.3 is 0 Å². The van der Waals surface area contributed by atoms with Gasteiger partial charge in [0.2, 0.25) is 0 Å². The molecule has 0 spiro atoms. The molecule has 1 aliphatic heterocycles. The zero-order valence-electron chi connectivity index (χ0n) is 11.6. The van der Waals surface area contributed by atoms with Crippen LogP contribution in [0, 0.1) is 5.92 Å². The summed E-state index contributed by atoms with van der Waals surface area (Å²) in [6.07, 6.45) is 6.16. The SMILES string of the molecule is c1cc(-c2ccc(OCC3CCCNC3)cc2)ccn1. The van der Waals surface area contributed by atoms with Gasteiger partial charge in [-0.15, -0.1) is 0 Å². The van der Waals surface area contributed by atoms with E-state index in [0.29, 0.717) is 5.92 Å². The summed E-state index contributed by atoms with van der Waals surface area (Å²) in [7, 11) is 0. The summed E-state index contributed by atoms with van der Waals surface area (Å²) in [6, 6.07) is 12.3. The Morgan fingerprint density at radius 2 is 1.80 bits per heavy atom. The van der Waals surface area contributed by atoms with Crippen LogP contribution < -0.4 is 10.1 Å². The van der Waals surface area contributed by atoms with Crippen LogP contribution in [0.15, 0.2) is 48.8 Å². The normalized spacial score (nSPS) is 18.7. The van der Waals surface area contributed by atoms with Crippen molar-refractivity contribution in [3.63, 3.8) is 0 Å². The third-order valence-corrected chi connectivity index (χ3v) is 3.75. The number of benzene rings is 1. The van der Waals surface area contributed by atoms with E-state index in [1.165, 1.54) is 24.0 Å². The molecular weight excluding hydrogens is 248 g/mol. The molecule has 1 unspecified atom stereocenters. The lowest BCUT2D eigenvalue weighted by Gasteiger charge is -2.22. The van der Waals surface area contributed by atoms with Crippen LogP contribution in [0.4, 0.5) is 0 Å². The smallest absolute Gasteiger partial charge is 0.119 e. The second-order valence-corrected chi connectivity index (χ2v) is 5.28. The van der Waals surface area contributed by atoms with Crippen molar-refractivity contribution < 1.29 is 4.74 Å². The van der Waals surface area contributed by atoms with Gasteiger partial charge in [-0.05, 0) is 54.8 Å². The first kappa shape index (κ1) is 13.1. The van der Waals surface area contributed by atoms with Crippen molar-refractivity contribution in [3.05, 3.63) is 48.8 Å². The zero-order valence-corrected chi connectivity index (χ0v) is 11.6. The lowest BCUT2D eigenvalue weighted by atomic mass is 10.0. The molecular formula is C17H20N2O. The topological polar surface area (TPSA) is 34.1 Å². The summed E-state index contributed by atoms with van der Waals surface area (Å²) >= 11 is 0. The predicted octanol–water partition coefficient (Wildman–Crippen LogP) is 3.13. The zero-order chi connectivity index (χ0) is 13.6. The Morgan fingerprint density at radius 1 is 1.05 bits per heavy atom. The maximum Gasteiger partial charge on any atom is 0.119 e. The first-order chi connectivity index (χ1) is 9.92. The van der Waals surface area contributed by atoms with Crippen LogP contribution in [-0.2, 0) is 0 Å². The van der Waals surface area contributed by atoms with Crippen LogP contribution in [0.3, 0.4) is 0 Å². The molecule has 1 N–H and O–H groups in total. The summed E-state index contributed by atoms with van der Waals surface area (Å²) in [4.78, 5) is 4.04. The molecule has 0 aliphatic carbocycles. The Kier molecular flexibility index (Phi) is 4.28. The van der Waals surface area contributed by atoms with Crippen LogP contribution in [0.1, 0.15) is 12.8 Å². The average Bonchev–Trinajstić information content (AvgIpc) is 2.55. The maximum absolute atomic E-state index is 5.88. The number of nitrogens with zero attached hydrogens (tertiary/aromatic N) is 1. The molecule has 1 saturated heterocycles. The van der Waals surface area contributed by atoms with Crippen molar-refractivity contribution >= 4 is 0 Å². The minimum atomic E-state index is 0.642. The molecule has 0 bridgehead atoms. The fourth-order valence-electron chi connectivity index (χ4n) is 2.57. The Bertz CT molecular complexity index is 518. The molecule has 1 aromatic carbocycles. The fraction of sp³-hybridized carbons (Fsp3) is 0.353. The minimum Gasteiger partial charge on any atom is -0.493 e. The van der Waals surface area contributed by atoms with E-state index in [0.717, 1.165) is 25.4 Å². The second kappa shape index (κ2) is 6.53. The Morgan fingerprint density at radius 3 is 2.50 bits per heavy atom. The van der Waals surface area contributed by atoms with Crippen molar-refractivity contribution in [1.29, 1.82) is 0 Å². The van der Waals surface area contributed by atoms with E-state index in [-0.39, 0.29) is 0 Å². The second-order valence-electron chi connectivity index (χ2n) is 5.28. The lowest BCUT2D eigenvalue weighted by molar-refractivity contribution is 0.218. The molecule has 0 saturated carbocycles. The molecule has 3 heteroatoms. The van der Waals surface area contributed by atoms with E-state index in [1.807, 2.05) is 36.7 Å². The number of rotatable bonds is 4. The van der Waals surface area contributed by atoms with Crippen LogP contribution in [0.25, 0.3) is 11.1 Å². The van der Waals surface area contributed by atoms with Gasteiger partial charge in [0.15, 0.2) is 0 Å². The molecule has 1 fully saturated rings. The standard InChI is InChI=1S/C17H20N2O/c1-2-14(12-19-9-1)13-20-17-5-3-15(4-6-17)16-7-10-18-11-8-16/h3-8,10-11,14,19H,1-2,9,12-13H2. The highest BCUT2D eigenvalue weighted by Crippen LogP contribution is 2.22. The van der Waals surface area contributed by atoms with E-state index in [4.69, 9.17) is 4.74 Å². The number of ether oxygens (including phenoxy) is 1. The summed E-state index contributed by atoms with van der Waals surface area (Å²) in [5.74, 6) is 1.59. The van der Waals surface area contributed by atoms with E-state index >= 15 is 0 Å². The van der Waals surface area contributed by atoms with Crippen molar-refractivity contribution in [2.45, 2.75) is 12.8 Å². The van der Waals surface area contributed by atoms with Crippen molar-refractivity contribution in [2.24, 2.45) is 5.92 Å². The number of piperidine rings is 1. The number of nitrogens with one attached hydrogen (secondary N) is 1. The van der Waals surface area contributed by atoms with Crippen LogP contribution in [0.2, 0.25) is 0 Å². The lowest BCUT2D eigenvalue weighted by Crippen LogP contribution is -2.33. The molecule has 1 atom stereocenters. The fourth-order valence-corrected chi connectivity index (χ4v) is 2.57. The number of hydrogen-bond donors (Lipinski definition) is 1. The van der Waals surface area contributed by atoms with Gasteiger partial charge in [-0.25, -0.2) is 0 Å². The predicted molar refractivity (Wildman–Crippen MR) is 80.8 cm³/mol. The van der Waals surface area contributed by atoms with Crippen molar-refractivity contribution in [2.75, 3.05) is 19.7 Å². The number of aromatic nitrogens is 1. The van der Waals surface area contributed by atoms with E-state index in [2.05, 4.69) is 22.4 Å². The summed E-state index contributed by atoms with van der Waals surface area (Å²) in [5, 5.41) is 3.42. The van der Waals surface area contributed by atoms with Gasteiger partial charge in [0.1, 0.15) is 5.75 Å². The number of hydrogen-bond acceptors (Lipinski definition) is 3. The number of pyridine rings is 1. The van der Waals surface area contributed by atoms with Gasteiger partial charge in [-0.2, -0.15) is 0 Å². The van der Waals surface area contributed by atoms with Gasteiger partial charge < -0.3 is 10.1 Å². The summed E-state index contributed by atoms with van der Waals surface area (Å²) in [6.45, 7) is 3.04. The Balaban J connectivity index is 1.58. The van der Waals surface area contributed by atoms with Gasteiger partial charge in [0, 0.05) is 24.9 Å². The van der Waals surface area contributed by atoms with Crippen LogP contribution >= 0.6 is 0 Å². The highest BCUT2D eigenvalue weighted by Gasteiger charge is 2.13. The first-order valence-electron chi connectivity index (χ1n) is 7.26. The molecule has 1 aliphatic rings. The molecule has 3 rings (SSSR count). The average molecular weight is 268 g/mol. The highest BCUT2D eigenvalue weighted by molar-refractivity contribution is 5.63. The quantitative estimate of drug-likeness (QED) is 0.925.